The van der Waals surface area contributed by atoms with Crippen molar-refractivity contribution in [3.63, 3.8) is 0 Å². The molecule has 1 unspecified atom stereocenters. The first-order chi connectivity index (χ1) is 13.0. The van der Waals surface area contributed by atoms with Crippen LogP contribution < -0.4 is 0 Å². The van der Waals surface area contributed by atoms with E-state index < -0.39 is 17.0 Å². The molecule has 1 fully saturated rings. The van der Waals surface area contributed by atoms with Gasteiger partial charge in [-0.05, 0) is 43.0 Å². The summed E-state index contributed by atoms with van der Waals surface area (Å²) in [6, 6.07) is 13.2. The molecule has 0 aliphatic carbocycles. The van der Waals surface area contributed by atoms with E-state index in [4.69, 9.17) is 0 Å². The summed E-state index contributed by atoms with van der Waals surface area (Å²) in [7, 11) is 0. The molecule has 1 amide bonds. The van der Waals surface area contributed by atoms with Crippen LogP contribution in [-0.2, 0) is 11.2 Å². The van der Waals surface area contributed by atoms with Gasteiger partial charge in [0.1, 0.15) is 11.6 Å². The lowest BCUT2D eigenvalue weighted by Gasteiger charge is -2.42. The smallest absolute Gasteiger partial charge is 0.232 e. The van der Waals surface area contributed by atoms with Gasteiger partial charge in [-0.1, -0.05) is 24.3 Å². The van der Waals surface area contributed by atoms with Crippen LogP contribution in [0.2, 0.25) is 0 Å². The Hall–Kier alpha value is -1.92. The SMILES string of the molecule is O=C(CSc1ccccc1)N1CCCC(CO)(Cc2ccc(F)cc2F)C1. The van der Waals surface area contributed by atoms with E-state index in [0.29, 0.717) is 30.8 Å². The van der Waals surface area contributed by atoms with Gasteiger partial charge >= 0.3 is 0 Å². The van der Waals surface area contributed by atoms with E-state index in [1.54, 1.807) is 4.90 Å². The third-order valence-corrected chi connectivity index (χ3v) is 6.03. The maximum Gasteiger partial charge on any atom is 0.232 e. The predicted octanol–water partition coefficient (Wildman–Crippen LogP) is 3.90. The average molecular weight is 391 g/mol. The summed E-state index contributed by atoms with van der Waals surface area (Å²) in [5, 5.41) is 10.0. The van der Waals surface area contributed by atoms with Gasteiger partial charge in [0.2, 0.25) is 5.91 Å². The van der Waals surface area contributed by atoms with Crippen LogP contribution in [0.3, 0.4) is 0 Å². The number of benzene rings is 2. The van der Waals surface area contributed by atoms with Gasteiger partial charge in [0.25, 0.3) is 0 Å². The fraction of sp³-hybridized carbons (Fsp3) is 0.381. The summed E-state index contributed by atoms with van der Waals surface area (Å²) in [5.41, 5.74) is -0.220. The topological polar surface area (TPSA) is 40.5 Å². The molecule has 3 nitrogen and oxygen atoms in total. The molecule has 0 spiro atoms. The van der Waals surface area contributed by atoms with Crippen LogP contribution in [0, 0.1) is 17.0 Å². The molecule has 1 aliphatic heterocycles. The molecule has 2 aromatic carbocycles. The molecule has 0 aromatic heterocycles. The second kappa shape index (κ2) is 8.85. The van der Waals surface area contributed by atoms with E-state index in [0.717, 1.165) is 17.4 Å². The molecule has 1 heterocycles. The van der Waals surface area contributed by atoms with Gasteiger partial charge in [0, 0.05) is 29.5 Å². The highest BCUT2D eigenvalue weighted by Gasteiger charge is 2.37. The second-order valence-electron chi connectivity index (χ2n) is 7.09. The van der Waals surface area contributed by atoms with Crippen molar-refractivity contribution in [2.75, 3.05) is 25.4 Å². The van der Waals surface area contributed by atoms with E-state index in [2.05, 4.69) is 0 Å². The molecular weight excluding hydrogens is 368 g/mol. The van der Waals surface area contributed by atoms with Crippen molar-refractivity contribution in [1.82, 2.24) is 4.90 Å². The minimum absolute atomic E-state index is 0.0148. The Morgan fingerprint density at radius 3 is 2.67 bits per heavy atom. The number of thioether (sulfide) groups is 1. The number of amides is 1. The molecule has 1 N–H and O–H groups in total. The van der Waals surface area contributed by atoms with Gasteiger partial charge < -0.3 is 10.0 Å². The summed E-state index contributed by atoms with van der Waals surface area (Å²) >= 11 is 1.48. The maximum atomic E-state index is 14.1. The number of likely N-dealkylation sites (tertiary alicyclic amines) is 1. The Labute approximate surface area is 162 Å². The summed E-state index contributed by atoms with van der Waals surface area (Å²) in [5.74, 6) is -0.879. The Bertz CT molecular complexity index is 787. The Morgan fingerprint density at radius 1 is 1.19 bits per heavy atom. The zero-order chi connectivity index (χ0) is 19.3. The van der Waals surface area contributed by atoms with Crippen molar-refractivity contribution in [2.45, 2.75) is 24.2 Å². The van der Waals surface area contributed by atoms with Crippen molar-refractivity contribution in [3.8, 4) is 0 Å². The number of nitrogens with zero attached hydrogens (tertiary/aromatic N) is 1. The van der Waals surface area contributed by atoms with Crippen LogP contribution in [0.5, 0.6) is 0 Å². The fourth-order valence-corrected chi connectivity index (χ4v) is 4.39. The van der Waals surface area contributed by atoms with Crippen molar-refractivity contribution >= 4 is 17.7 Å². The second-order valence-corrected chi connectivity index (χ2v) is 8.14. The number of halogens is 2. The molecular formula is C21H23F2NO2S. The molecule has 1 aliphatic rings. The standard InChI is InChI=1S/C21H23F2NO2S/c22-17-8-7-16(19(23)11-17)12-21(15-25)9-4-10-24(14-21)20(26)13-27-18-5-2-1-3-6-18/h1-3,5-8,11,25H,4,9-10,12-15H2. The molecule has 1 saturated heterocycles. The highest BCUT2D eigenvalue weighted by Crippen LogP contribution is 2.34. The highest BCUT2D eigenvalue weighted by molar-refractivity contribution is 8.00. The number of aliphatic hydroxyl groups excluding tert-OH is 1. The summed E-state index contributed by atoms with van der Waals surface area (Å²) in [6.45, 7) is 0.885. The van der Waals surface area contributed by atoms with Crippen molar-refractivity contribution in [2.24, 2.45) is 5.41 Å². The Kier molecular flexibility index (Phi) is 6.50. The van der Waals surface area contributed by atoms with Crippen LogP contribution >= 0.6 is 11.8 Å². The van der Waals surface area contributed by atoms with Gasteiger partial charge in [-0.3, -0.25) is 4.79 Å². The highest BCUT2D eigenvalue weighted by atomic mass is 32.2. The minimum Gasteiger partial charge on any atom is -0.396 e. The lowest BCUT2D eigenvalue weighted by molar-refractivity contribution is -0.132. The van der Waals surface area contributed by atoms with E-state index >= 15 is 0 Å². The fourth-order valence-electron chi connectivity index (χ4n) is 3.57. The third kappa shape index (κ3) is 5.08. The molecule has 1 atom stereocenters. The van der Waals surface area contributed by atoms with Gasteiger partial charge in [0.05, 0.1) is 12.4 Å². The van der Waals surface area contributed by atoms with Crippen LogP contribution in [0.25, 0.3) is 0 Å². The molecule has 0 bridgehead atoms. The third-order valence-electron chi connectivity index (χ3n) is 5.04. The van der Waals surface area contributed by atoms with Crippen molar-refractivity contribution in [3.05, 3.63) is 65.7 Å². The van der Waals surface area contributed by atoms with Crippen LogP contribution in [-0.4, -0.2) is 41.4 Å². The van der Waals surface area contributed by atoms with Crippen LogP contribution in [0.1, 0.15) is 18.4 Å². The monoisotopic (exact) mass is 391 g/mol. The molecule has 3 rings (SSSR count). The van der Waals surface area contributed by atoms with E-state index in [1.807, 2.05) is 30.3 Å². The molecule has 144 valence electrons. The van der Waals surface area contributed by atoms with Crippen LogP contribution in [0.15, 0.2) is 53.4 Å². The van der Waals surface area contributed by atoms with Gasteiger partial charge in [-0.25, -0.2) is 8.78 Å². The quantitative estimate of drug-likeness (QED) is 0.760. The van der Waals surface area contributed by atoms with E-state index in [9.17, 15) is 18.7 Å². The summed E-state index contributed by atoms with van der Waals surface area (Å²) in [6.07, 6.45) is 1.74. The Balaban J connectivity index is 1.66. The molecule has 0 saturated carbocycles. The number of piperidine rings is 1. The number of carbonyl (C=O) groups is 1. The summed E-state index contributed by atoms with van der Waals surface area (Å²) in [4.78, 5) is 15.4. The van der Waals surface area contributed by atoms with Gasteiger partial charge in [-0.15, -0.1) is 11.8 Å². The minimum atomic E-state index is -0.618. The van der Waals surface area contributed by atoms with Crippen molar-refractivity contribution in [1.29, 1.82) is 0 Å². The van der Waals surface area contributed by atoms with Gasteiger partial charge in [0.15, 0.2) is 0 Å². The number of hydrogen-bond donors (Lipinski definition) is 1. The molecule has 0 radical (unpaired) electrons. The first kappa shape index (κ1) is 19.8. The number of hydrogen-bond acceptors (Lipinski definition) is 3. The zero-order valence-corrected chi connectivity index (χ0v) is 15.9. The predicted molar refractivity (Wildman–Crippen MR) is 103 cm³/mol. The average Bonchev–Trinajstić information content (AvgIpc) is 2.69. The van der Waals surface area contributed by atoms with E-state index in [-0.39, 0.29) is 18.9 Å². The molecule has 2 aromatic rings. The molecule has 27 heavy (non-hydrogen) atoms. The van der Waals surface area contributed by atoms with Crippen LogP contribution in [0.4, 0.5) is 8.78 Å². The van der Waals surface area contributed by atoms with E-state index in [1.165, 1.54) is 23.9 Å². The normalized spacial score (nSPS) is 19.9. The largest absolute Gasteiger partial charge is 0.396 e. The Morgan fingerprint density at radius 2 is 1.96 bits per heavy atom. The molecule has 6 heteroatoms. The lowest BCUT2D eigenvalue weighted by Crippen LogP contribution is -2.49. The maximum absolute atomic E-state index is 14.1. The summed E-state index contributed by atoms with van der Waals surface area (Å²) < 4.78 is 27.2. The number of carbonyl (C=O) groups excluding carboxylic acids is 1. The number of rotatable bonds is 6. The first-order valence-electron chi connectivity index (χ1n) is 9.02. The van der Waals surface area contributed by atoms with Crippen molar-refractivity contribution < 1.29 is 18.7 Å². The number of aliphatic hydroxyl groups is 1. The first-order valence-corrected chi connectivity index (χ1v) is 10.0. The lowest BCUT2D eigenvalue weighted by atomic mass is 9.75. The van der Waals surface area contributed by atoms with Gasteiger partial charge in [-0.2, -0.15) is 0 Å². The zero-order valence-electron chi connectivity index (χ0n) is 15.0.